The maximum atomic E-state index is 10.5. The third-order valence-corrected chi connectivity index (χ3v) is 2.84. The molecule has 0 aromatic heterocycles. The molecule has 56 valence electrons. The fourth-order valence-corrected chi connectivity index (χ4v) is 2.28. The molecule has 2 aliphatic rings. The fourth-order valence-electron chi connectivity index (χ4n) is 2.28. The third-order valence-electron chi connectivity index (χ3n) is 2.84. The molecule has 3 nitrogen and oxygen atoms in total. The molecule has 0 aliphatic heterocycles. The summed E-state index contributed by atoms with van der Waals surface area (Å²) in [6, 6.07) is 0.172. The van der Waals surface area contributed by atoms with E-state index in [0.717, 1.165) is 12.8 Å². The SMILES string of the molecule is N[C@@H]1CC[C@H]2[C@H](C(=O)O)[C@H]21. The lowest BCUT2D eigenvalue weighted by molar-refractivity contribution is -0.139. The minimum Gasteiger partial charge on any atom is -0.481 e. The molecule has 4 atom stereocenters. The molecule has 0 spiro atoms. The molecule has 3 heteroatoms. The van der Waals surface area contributed by atoms with E-state index in [4.69, 9.17) is 10.8 Å². The molecule has 0 bridgehead atoms. The zero-order chi connectivity index (χ0) is 7.30. The second kappa shape index (κ2) is 1.72. The Morgan fingerprint density at radius 1 is 1.50 bits per heavy atom. The highest BCUT2D eigenvalue weighted by Crippen LogP contribution is 2.56. The fraction of sp³-hybridized carbons (Fsp3) is 0.857. The molecule has 3 N–H and O–H groups in total. The van der Waals surface area contributed by atoms with Gasteiger partial charge in [-0.1, -0.05) is 0 Å². The topological polar surface area (TPSA) is 63.3 Å². The maximum absolute atomic E-state index is 10.5. The van der Waals surface area contributed by atoms with Gasteiger partial charge < -0.3 is 10.8 Å². The van der Waals surface area contributed by atoms with E-state index >= 15 is 0 Å². The van der Waals surface area contributed by atoms with Crippen molar-refractivity contribution in [1.29, 1.82) is 0 Å². The molecule has 2 rings (SSSR count). The molecule has 10 heavy (non-hydrogen) atoms. The van der Waals surface area contributed by atoms with Crippen molar-refractivity contribution in [3.05, 3.63) is 0 Å². The lowest BCUT2D eigenvalue weighted by atomic mass is 10.1. The van der Waals surface area contributed by atoms with Crippen molar-refractivity contribution in [3.8, 4) is 0 Å². The zero-order valence-corrected chi connectivity index (χ0v) is 5.66. The monoisotopic (exact) mass is 141 g/mol. The largest absolute Gasteiger partial charge is 0.481 e. The number of carboxylic acids is 1. The molecule has 2 saturated carbocycles. The normalized spacial score (nSPS) is 50.5. The summed E-state index contributed by atoms with van der Waals surface area (Å²) in [6.45, 7) is 0. The van der Waals surface area contributed by atoms with Crippen molar-refractivity contribution < 1.29 is 9.90 Å². The molecule has 0 aromatic carbocycles. The molecule has 2 aliphatic carbocycles. The molecule has 0 radical (unpaired) electrons. The Morgan fingerprint density at radius 3 is 2.50 bits per heavy atom. The maximum Gasteiger partial charge on any atom is 0.307 e. The average Bonchev–Trinajstić information content (AvgIpc) is 2.48. The van der Waals surface area contributed by atoms with Gasteiger partial charge >= 0.3 is 5.97 Å². The Kier molecular flexibility index (Phi) is 1.06. The van der Waals surface area contributed by atoms with E-state index in [1.54, 1.807) is 0 Å². The van der Waals surface area contributed by atoms with E-state index in [0.29, 0.717) is 11.8 Å². The van der Waals surface area contributed by atoms with Crippen LogP contribution in [0.5, 0.6) is 0 Å². The van der Waals surface area contributed by atoms with Gasteiger partial charge in [0.15, 0.2) is 0 Å². The Morgan fingerprint density at radius 2 is 2.20 bits per heavy atom. The van der Waals surface area contributed by atoms with Gasteiger partial charge in [0.2, 0.25) is 0 Å². The van der Waals surface area contributed by atoms with Crippen molar-refractivity contribution in [2.45, 2.75) is 18.9 Å². The van der Waals surface area contributed by atoms with Gasteiger partial charge in [-0.05, 0) is 24.7 Å². The number of aliphatic carboxylic acids is 1. The molecule has 2 fully saturated rings. The van der Waals surface area contributed by atoms with Crippen LogP contribution >= 0.6 is 0 Å². The van der Waals surface area contributed by atoms with Gasteiger partial charge in [-0.2, -0.15) is 0 Å². The summed E-state index contributed by atoms with van der Waals surface area (Å²) < 4.78 is 0. The van der Waals surface area contributed by atoms with Crippen LogP contribution in [0.4, 0.5) is 0 Å². The quantitative estimate of drug-likeness (QED) is 0.542. The molecular formula is C7H11NO2. The van der Waals surface area contributed by atoms with Crippen LogP contribution in [0.2, 0.25) is 0 Å². The van der Waals surface area contributed by atoms with Crippen molar-refractivity contribution in [2.24, 2.45) is 23.5 Å². The Balaban J connectivity index is 2.05. The van der Waals surface area contributed by atoms with Crippen LogP contribution in [-0.2, 0) is 4.79 Å². The lowest BCUT2D eigenvalue weighted by Gasteiger charge is -2.03. The second-order valence-corrected chi connectivity index (χ2v) is 3.35. The minimum absolute atomic E-state index is 0.0938. The molecule has 0 unspecified atom stereocenters. The summed E-state index contributed by atoms with van der Waals surface area (Å²) >= 11 is 0. The number of hydrogen-bond donors (Lipinski definition) is 2. The van der Waals surface area contributed by atoms with Crippen LogP contribution in [0.1, 0.15) is 12.8 Å². The van der Waals surface area contributed by atoms with Gasteiger partial charge in [0.1, 0.15) is 0 Å². The van der Waals surface area contributed by atoms with E-state index < -0.39 is 5.97 Å². The number of carbonyl (C=O) groups is 1. The average molecular weight is 141 g/mol. The Hall–Kier alpha value is -0.570. The van der Waals surface area contributed by atoms with Crippen LogP contribution in [0.25, 0.3) is 0 Å². The summed E-state index contributed by atoms with van der Waals surface area (Å²) in [4.78, 5) is 10.5. The highest BCUT2D eigenvalue weighted by Gasteiger charge is 2.60. The Bertz CT molecular complexity index is 180. The van der Waals surface area contributed by atoms with Gasteiger partial charge in [0, 0.05) is 6.04 Å². The summed E-state index contributed by atoms with van der Waals surface area (Å²) in [7, 11) is 0. The number of nitrogens with two attached hydrogens (primary N) is 1. The van der Waals surface area contributed by atoms with E-state index in [-0.39, 0.29) is 12.0 Å². The molecule has 0 heterocycles. The van der Waals surface area contributed by atoms with Gasteiger partial charge in [0.05, 0.1) is 5.92 Å². The predicted octanol–water partition coefficient (Wildman–Crippen LogP) is 0.0543. The van der Waals surface area contributed by atoms with Gasteiger partial charge in [0.25, 0.3) is 0 Å². The van der Waals surface area contributed by atoms with E-state index in [2.05, 4.69) is 0 Å². The first-order valence-electron chi connectivity index (χ1n) is 3.70. The first-order chi connectivity index (χ1) is 4.72. The van der Waals surface area contributed by atoms with Crippen molar-refractivity contribution >= 4 is 5.97 Å². The highest BCUT2D eigenvalue weighted by molar-refractivity contribution is 5.74. The number of fused-ring (bicyclic) bond motifs is 1. The lowest BCUT2D eigenvalue weighted by Crippen LogP contribution is -2.22. The van der Waals surface area contributed by atoms with Crippen molar-refractivity contribution in [1.82, 2.24) is 0 Å². The molecular weight excluding hydrogens is 130 g/mol. The van der Waals surface area contributed by atoms with Gasteiger partial charge in [-0.25, -0.2) is 0 Å². The smallest absolute Gasteiger partial charge is 0.307 e. The first kappa shape index (κ1) is 6.16. The Labute approximate surface area is 59.2 Å². The van der Waals surface area contributed by atoms with Crippen molar-refractivity contribution in [2.75, 3.05) is 0 Å². The second-order valence-electron chi connectivity index (χ2n) is 3.35. The zero-order valence-electron chi connectivity index (χ0n) is 5.66. The van der Waals surface area contributed by atoms with E-state index in [9.17, 15) is 4.79 Å². The number of carboxylic acid groups (broad SMARTS) is 1. The predicted molar refractivity (Wildman–Crippen MR) is 35.3 cm³/mol. The third kappa shape index (κ3) is 0.611. The summed E-state index contributed by atoms with van der Waals surface area (Å²) in [6.07, 6.45) is 2.06. The first-order valence-corrected chi connectivity index (χ1v) is 3.70. The van der Waals surface area contributed by atoms with Gasteiger partial charge in [-0.15, -0.1) is 0 Å². The summed E-state index contributed by atoms with van der Waals surface area (Å²) in [5, 5.41) is 8.62. The van der Waals surface area contributed by atoms with Crippen LogP contribution in [0.3, 0.4) is 0 Å². The summed E-state index contributed by atoms with van der Waals surface area (Å²) in [5.41, 5.74) is 5.68. The standard InChI is InChI=1S/C7H11NO2/c8-4-2-1-3-5(4)6(3)7(9)10/h3-6H,1-2,8H2,(H,9,10)/t3-,4-,5-,6+/m1/s1. The molecule has 0 aromatic rings. The van der Waals surface area contributed by atoms with Crippen molar-refractivity contribution in [3.63, 3.8) is 0 Å². The summed E-state index contributed by atoms with van der Waals surface area (Å²) in [5.74, 6) is -0.00102. The van der Waals surface area contributed by atoms with Gasteiger partial charge in [-0.3, -0.25) is 4.79 Å². The van der Waals surface area contributed by atoms with Crippen LogP contribution in [-0.4, -0.2) is 17.1 Å². The van der Waals surface area contributed by atoms with E-state index in [1.165, 1.54) is 0 Å². The van der Waals surface area contributed by atoms with Crippen LogP contribution in [0, 0.1) is 17.8 Å². The number of hydrogen-bond acceptors (Lipinski definition) is 2. The van der Waals surface area contributed by atoms with Crippen LogP contribution < -0.4 is 5.73 Å². The van der Waals surface area contributed by atoms with E-state index in [1.807, 2.05) is 0 Å². The van der Waals surface area contributed by atoms with Crippen LogP contribution in [0.15, 0.2) is 0 Å². The highest BCUT2D eigenvalue weighted by atomic mass is 16.4. The minimum atomic E-state index is -0.648. The molecule has 0 amide bonds. The number of rotatable bonds is 1. The molecule has 0 saturated heterocycles.